The number of nitrogens with two attached hydrogens (primary N) is 1. The van der Waals surface area contributed by atoms with Crippen LogP contribution in [0.2, 0.25) is 0 Å². The maximum absolute atomic E-state index is 12.7. The molecule has 146 valence electrons. The van der Waals surface area contributed by atoms with E-state index >= 15 is 0 Å². The molecule has 1 aliphatic carbocycles. The lowest BCUT2D eigenvalue weighted by molar-refractivity contribution is -0.137. The third kappa shape index (κ3) is 4.29. The second-order valence-electron chi connectivity index (χ2n) is 6.57. The van der Waals surface area contributed by atoms with Crippen LogP contribution in [0, 0.1) is 0 Å². The second kappa shape index (κ2) is 8.26. The van der Waals surface area contributed by atoms with E-state index in [2.05, 4.69) is 4.74 Å². The van der Waals surface area contributed by atoms with Crippen LogP contribution >= 0.6 is 12.4 Å². The molecular weight excluding hydrogens is 370 g/mol. The molecule has 0 bridgehead atoms. The molecule has 3 rings (SSSR count). The van der Waals surface area contributed by atoms with Crippen molar-refractivity contribution in [1.82, 2.24) is 4.90 Å². The highest BCUT2D eigenvalue weighted by Gasteiger charge is 2.37. The average Bonchev–Trinajstić information content (AvgIpc) is 3.01. The average molecular weight is 393 g/mol. The number of nitrogens with zero attached hydrogens (tertiary/aromatic N) is 1. The Morgan fingerprint density at radius 1 is 1.27 bits per heavy atom. The molecule has 1 amide bonds. The Labute approximate surface area is 157 Å². The molecule has 0 unspecified atom stereocenters. The number of hydrogen-bond acceptors (Lipinski definition) is 5. The lowest BCUT2D eigenvalue weighted by atomic mass is 9.81. The van der Waals surface area contributed by atoms with Gasteiger partial charge in [0, 0.05) is 25.2 Å². The fourth-order valence-corrected chi connectivity index (χ4v) is 3.40. The van der Waals surface area contributed by atoms with Crippen molar-refractivity contribution in [2.75, 3.05) is 13.8 Å². The summed E-state index contributed by atoms with van der Waals surface area (Å²) in [6.45, 7) is -2.86. The van der Waals surface area contributed by atoms with Gasteiger partial charge in [0.1, 0.15) is 5.75 Å². The van der Waals surface area contributed by atoms with Crippen molar-refractivity contribution in [3.05, 3.63) is 17.7 Å². The predicted octanol–water partition coefficient (Wildman–Crippen LogP) is 3.06. The van der Waals surface area contributed by atoms with Gasteiger partial charge < -0.3 is 24.8 Å². The van der Waals surface area contributed by atoms with E-state index < -0.39 is 12.2 Å². The molecule has 9 heteroatoms. The van der Waals surface area contributed by atoms with E-state index in [4.69, 9.17) is 15.2 Å². The number of ether oxygens (including phenoxy) is 3. The zero-order valence-electron chi connectivity index (χ0n) is 14.5. The number of amides is 1. The number of fused-ring (bicyclic) bond motifs is 1. The topological polar surface area (TPSA) is 74.0 Å². The van der Waals surface area contributed by atoms with Gasteiger partial charge in [-0.2, -0.15) is 8.78 Å². The van der Waals surface area contributed by atoms with Crippen molar-refractivity contribution in [1.29, 1.82) is 0 Å². The van der Waals surface area contributed by atoms with Gasteiger partial charge in [0.2, 0.25) is 12.7 Å². The van der Waals surface area contributed by atoms with Gasteiger partial charge in [0.15, 0.2) is 11.5 Å². The number of alkyl halides is 2. The molecule has 0 radical (unpaired) electrons. The van der Waals surface area contributed by atoms with Crippen molar-refractivity contribution in [2.24, 2.45) is 5.73 Å². The van der Waals surface area contributed by atoms with Crippen LogP contribution in [-0.2, 0) is 11.3 Å². The molecule has 1 heterocycles. The third-order valence-corrected chi connectivity index (χ3v) is 4.70. The van der Waals surface area contributed by atoms with Gasteiger partial charge in [0.05, 0.1) is 5.54 Å². The minimum Gasteiger partial charge on any atom is -0.454 e. The lowest BCUT2D eigenvalue weighted by Crippen LogP contribution is -2.55. The number of halogens is 3. The summed E-state index contributed by atoms with van der Waals surface area (Å²) >= 11 is 0. The molecule has 2 N–H and O–H groups in total. The summed E-state index contributed by atoms with van der Waals surface area (Å²) in [6.07, 6.45) is 4.18. The maximum atomic E-state index is 12.7. The summed E-state index contributed by atoms with van der Waals surface area (Å²) in [5, 5.41) is 0. The zero-order chi connectivity index (χ0) is 18.0. The predicted molar refractivity (Wildman–Crippen MR) is 92.9 cm³/mol. The highest BCUT2D eigenvalue weighted by Crippen LogP contribution is 2.39. The molecule has 6 nitrogen and oxygen atoms in total. The molecule has 1 aromatic rings. The molecule has 0 saturated heterocycles. The van der Waals surface area contributed by atoms with Gasteiger partial charge in [-0.25, -0.2) is 0 Å². The molecule has 1 saturated carbocycles. The number of likely N-dealkylation sites (N-methyl/N-ethyl adjacent to an activating group) is 1. The minimum atomic E-state index is -2.97. The van der Waals surface area contributed by atoms with E-state index in [0.717, 1.165) is 19.3 Å². The van der Waals surface area contributed by atoms with Crippen LogP contribution in [-0.4, -0.2) is 36.8 Å². The monoisotopic (exact) mass is 392 g/mol. The van der Waals surface area contributed by atoms with Crippen LogP contribution in [0.5, 0.6) is 17.2 Å². The summed E-state index contributed by atoms with van der Waals surface area (Å²) < 4.78 is 40.5. The molecule has 0 atom stereocenters. The van der Waals surface area contributed by atoms with Crippen molar-refractivity contribution < 1.29 is 27.8 Å². The molecule has 0 spiro atoms. The number of benzene rings is 1. The van der Waals surface area contributed by atoms with Gasteiger partial charge >= 0.3 is 6.61 Å². The van der Waals surface area contributed by atoms with Crippen LogP contribution in [0.3, 0.4) is 0 Å². The Morgan fingerprint density at radius 2 is 1.88 bits per heavy atom. The van der Waals surface area contributed by atoms with Crippen LogP contribution in [0.1, 0.15) is 37.7 Å². The van der Waals surface area contributed by atoms with Gasteiger partial charge in [-0.1, -0.05) is 19.3 Å². The highest BCUT2D eigenvalue weighted by atomic mass is 35.5. The van der Waals surface area contributed by atoms with Crippen LogP contribution in [0.4, 0.5) is 8.78 Å². The van der Waals surface area contributed by atoms with Gasteiger partial charge in [-0.15, -0.1) is 12.4 Å². The lowest BCUT2D eigenvalue weighted by Gasteiger charge is -2.35. The molecule has 1 fully saturated rings. The van der Waals surface area contributed by atoms with Crippen LogP contribution in [0.15, 0.2) is 12.1 Å². The van der Waals surface area contributed by atoms with Crippen LogP contribution in [0.25, 0.3) is 0 Å². The molecule has 2 aliphatic rings. The Kier molecular flexibility index (Phi) is 6.52. The van der Waals surface area contributed by atoms with E-state index in [-0.39, 0.29) is 37.4 Å². The SMILES string of the molecule is CN(Cc1cc2c(cc1OC(F)F)OCO2)C(=O)C1(N)CCCCC1.Cl. The standard InChI is InChI=1S/C17H22F2N2O4.ClH/c1-21(15(22)17(20)5-3-2-4-6-17)9-11-7-13-14(24-10-23-13)8-12(11)25-16(18)19;/h7-8,16H,2-6,9-10,20H2,1H3;1H. The number of carbonyl (C=O) groups excluding carboxylic acids is 1. The van der Waals surface area contributed by atoms with Gasteiger partial charge in [-0.3, -0.25) is 4.79 Å². The largest absolute Gasteiger partial charge is 0.454 e. The Morgan fingerprint density at radius 3 is 2.50 bits per heavy atom. The quantitative estimate of drug-likeness (QED) is 0.833. The summed E-state index contributed by atoms with van der Waals surface area (Å²) in [5.41, 5.74) is 5.81. The van der Waals surface area contributed by atoms with E-state index in [1.165, 1.54) is 11.0 Å². The van der Waals surface area contributed by atoms with Crippen molar-refractivity contribution >= 4 is 18.3 Å². The summed E-state index contributed by atoms with van der Waals surface area (Å²) in [5.74, 6) is 0.565. The fourth-order valence-electron chi connectivity index (χ4n) is 3.40. The first-order chi connectivity index (χ1) is 11.9. The van der Waals surface area contributed by atoms with E-state index in [9.17, 15) is 13.6 Å². The Bertz CT molecular complexity index is 654. The first-order valence-electron chi connectivity index (χ1n) is 8.31. The molecule has 26 heavy (non-hydrogen) atoms. The molecule has 1 aromatic carbocycles. The zero-order valence-corrected chi connectivity index (χ0v) is 15.3. The summed E-state index contributed by atoms with van der Waals surface area (Å²) in [4.78, 5) is 14.2. The first-order valence-corrected chi connectivity index (χ1v) is 8.31. The van der Waals surface area contributed by atoms with Crippen molar-refractivity contribution in [2.45, 2.75) is 50.8 Å². The van der Waals surface area contributed by atoms with Crippen molar-refractivity contribution in [3.8, 4) is 17.2 Å². The van der Waals surface area contributed by atoms with Gasteiger partial charge in [0.25, 0.3) is 0 Å². The third-order valence-electron chi connectivity index (χ3n) is 4.70. The maximum Gasteiger partial charge on any atom is 0.387 e. The van der Waals surface area contributed by atoms with Crippen LogP contribution < -0.4 is 19.9 Å². The molecular formula is C17H23ClF2N2O4. The number of carbonyl (C=O) groups is 1. The van der Waals surface area contributed by atoms with E-state index in [1.54, 1.807) is 13.1 Å². The summed E-state index contributed by atoms with van der Waals surface area (Å²) in [7, 11) is 1.61. The van der Waals surface area contributed by atoms with Crippen molar-refractivity contribution in [3.63, 3.8) is 0 Å². The molecule has 1 aliphatic heterocycles. The Hall–Kier alpha value is -1.80. The smallest absolute Gasteiger partial charge is 0.387 e. The second-order valence-corrected chi connectivity index (χ2v) is 6.57. The fraction of sp³-hybridized carbons (Fsp3) is 0.588. The van der Waals surface area contributed by atoms with E-state index in [1.807, 2.05) is 0 Å². The first kappa shape index (κ1) is 20.5. The number of rotatable bonds is 5. The van der Waals surface area contributed by atoms with E-state index in [0.29, 0.717) is 29.9 Å². The van der Waals surface area contributed by atoms with Gasteiger partial charge in [-0.05, 0) is 18.9 Å². The Balaban J connectivity index is 0.00000243. The number of hydrogen-bond donors (Lipinski definition) is 1. The highest BCUT2D eigenvalue weighted by molar-refractivity contribution is 5.86. The summed E-state index contributed by atoms with van der Waals surface area (Å²) in [6, 6.07) is 2.93. The normalized spacial score (nSPS) is 17.6. The minimum absolute atomic E-state index is 0. The molecule has 0 aromatic heterocycles.